The number of nitrogens with one attached hydrogen (secondary N) is 1. The first-order chi connectivity index (χ1) is 8.17. The number of amides is 1. The molecule has 0 saturated carbocycles. The third-order valence-corrected chi connectivity index (χ3v) is 2.16. The second kappa shape index (κ2) is 6.48. The van der Waals surface area contributed by atoms with Crippen molar-refractivity contribution >= 4 is 18.3 Å². The van der Waals surface area contributed by atoms with E-state index in [4.69, 9.17) is 4.74 Å². The summed E-state index contributed by atoms with van der Waals surface area (Å²) in [5.41, 5.74) is 1.43. The van der Waals surface area contributed by atoms with Gasteiger partial charge in [-0.15, -0.1) is 0 Å². The summed E-state index contributed by atoms with van der Waals surface area (Å²) in [5, 5.41) is 2.65. The summed E-state index contributed by atoms with van der Waals surface area (Å²) in [6, 6.07) is 5.29. The molecule has 17 heavy (non-hydrogen) atoms. The summed E-state index contributed by atoms with van der Waals surface area (Å²) >= 11 is 0. The molecule has 0 aliphatic carbocycles. The lowest BCUT2D eigenvalue weighted by atomic mass is 10.1. The molecule has 0 heterocycles. The first kappa shape index (κ1) is 13.0. The number of aldehydes is 1. The molecular formula is C13H15NO3. The lowest BCUT2D eigenvalue weighted by Gasteiger charge is -2.04. The SMILES string of the molecule is COc1cc(C=CCNC(C)=O)ccc1C=O. The average Bonchev–Trinajstić information content (AvgIpc) is 2.34. The molecular weight excluding hydrogens is 218 g/mol. The van der Waals surface area contributed by atoms with Crippen molar-refractivity contribution in [1.82, 2.24) is 5.32 Å². The summed E-state index contributed by atoms with van der Waals surface area (Å²) < 4.78 is 5.09. The zero-order chi connectivity index (χ0) is 12.7. The Labute approximate surface area is 100 Å². The Morgan fingerprint density at radius 1 is 1.47 bits per heavy atom. The van der Waals surface area contributed by atoms with E-state index < -0.39 is 0 Å². The molecule has 1 rings (SSSR count). The number of ether oxygens (including phenoxy) is 1. The number of hydrogen-bond acceptors (Lipinski definition) is 3. The van der Waals surface area contributed by atoms with Gasteiger partial charge in [0.25, 0.3) is 0 Å². The largest absolute Gasteiger partial charge is 0.496 e. The van der Waals surface area contributed by atoms with E-state index >= 15 is 0 Å². The van der Waals surface area contributed by atoms with Crippen LogP contribution in [0.1, 0.15) is 22.8 Å². The number of benzene rings is 1. The van der Waals surface area contributed by atoms with E-state index in [9.17, 15) is 9.59 Å². The fraction of sp³-hybridized carbons (Fsp3) is 0.231. The Hall–Kier alpha value is -2.10. The first-order valence-electron chi connectivity index (χ1n) is 5.21. The van der Waals surface area contributed by atoms with Crippen molar-refractivity contribution in [3.8, 4) is 5.75 Å². The van der Waals surface area contributed by atoms with Gasteiger partial charge >= 0.3 is 0 Å². The molecule has 0 aliphatic rings. The number of rotatable bonds is 5. The van der Waals surface area contributed by atoms with E-state index in [1.54, 1.807) is 12.1 Å². The molecule has 0 spiro atoms. The van der Waals surface area contributed by atoms with Crippen molar-refractivity contribution in [3.05, 3.63) is 35.4 Å². The summed E-state index contributed by atoms with van der Waals surface area (Å²) in [6.45, 7) is 1.95. The van der Waals surface area contributed by atoms with Gasteiger partial charge in [0.15, 0.2) is 6.29 Å². The van der Waals surface area contributed by atoms with E-state index in [2.05, 4.69) is 5.32 Å². The molecule has 0 aliphatic heterocycles. The Balaban J connectivity index is 2.72. The van der Waals surface area contributed by atoms with Crippen molar-refractivity contribution in [1.29, 1.82) is 0 Å². The Morgan fingerprint density at radius 3 is 2.82 bits per heavy atom. The zero-order valence-corrected chi connectivity index (χ0v) is 9.90. The molecule has 0 radical (unpaired) electrons. The van der Waals surface area contributed by atoms with E-state index in [1.165, 1.54) is 14.0 Å². The first-order valence-corrected chi connectivity index (χ1v) is 5.21. The lowest BCUT2D eigenvalue weighted by molar-refractivity contribution is -0.118. The van der Waals surface area contributed by atoms with Gasteiger partial charge in [-0.05, 0) is 17.7 Å². The Morgan fingerprint density at radius 2 is 2.24 bits per heavy atom. The maximum Gasteiger partial charge on any atom is 0.217 e. The van der Waals surface area contributed by atoms with Crippen LogP contribution in [0.3, 0.4) is 0 Å². The van der Waals surface area contributed by atoms with E-state index in [0.29, 0.717) is 17.9 Å². The van der Waals surface area contributed by atoms with Gasteiger partial charge in [0, 0.05) is 13.5 Å². The van der Waals surface area contributed by atoms with Crippen LogP contribution in [-0.4, -0.2) is 25.8 Å². The summed E-state index contributed by atoms with van der Waals surface area (Å²) in [6.07, 6.45) is 4.44. The van der Waals surface area contributed by atoms with Crippen LogP contribution >= 0.6 is 0 Å². The summed E-state index contributed by atoms with van der Waals surface area (Å²) in [7, 11) is 1.52. The number of methoxy groups -OCH3 is 1. The minimum atomic E-state index is -0.0662. The third kappa shape index (κ3) is 4.10. The van der Waals surface area contributed by atoms with Crippen LogP contribution in [0.25, 0.3) is 6.08 Å². The van der Waals surface area contributed by atoms with Crippen molar-refractivity contribution in [2.45, 2.75) is 6.92 Å². The van der Waals surface area contributed by atoms with Crippen molar-refractivity contribution in [2.24, 2.45) is 0 Å². The smallest absolute Gasteiger partial charge is 0.217 e. The van der Waals surface area contributed by atoms with Gasteiger partial charge in [0.2, 0.25) is 5.91 Å². The van der Waals surface area contributed by atoms with Gasteiger partial charge in [-0.1, -0.05) is 18.2 Å². The monoisotopic (exact) mass is 233 g/mol. The molecule has 1 amide bonds. The molecule has 0 aromatic heterocycles. The van der Waals surface area contributed by atoms with Crippen molar-refractivity contribution in [3.63, 3.8) is 0 Å². The highest BCUT2D eigenvalue weighted by atomic mass is 16.5. The molecule has 0 atom stereocenters. The third-order valence-electron chi connectivity index (χ3n) is 2.16. The fourth-order valence-electron chi connectivity index (χ4n) is 1.33. The minimum Gasteiger partial charge on any atom is -0.496 e. The molecule has 1 N–H and O–H groups in total. The highest BCUT2D eigenvalue weighted by Crippen LogP contribution is 2.19. The van der Waals surface area contributed by atoms with Crippen molar-refractivity contribution in [2.75, 3.05) is 13.7 Å². The highest BCUT2D eigenvalue weighted by molar-refractivity contribution is 5.80. The van der Waals surface area contributed by atoms with Gasteiger partial charge in [0.05, 0.1) is 12.7 Å². The predicted octanol–water partition coefficient (Wildman–Crippen LogP) is 1.66. The van der Waals surface area contributed by atoms with Gasteiger partial charge in [-0.3, -0.25) is 9.59 Å². The molecule has 1 aromatic carbocycles. The van der Waals surface area contributed by atoms with Crippen LogP contribution in [0.15, 0.2) is 24.3 Å². The normalized spacial score (nSPS) is 10.2. The minimum absolute atomic E-state index is 0.0662. The number of carbonyl (C=O) groups excluding carboxylic acids is 2. The standard InChI is InChI=1S/C13H15NO3/c1-10(16)14-7-3-4-11-5-6-12(9-15)13(8-11)17-2/h3-6,8-9H,7H2,1-2H3,(H,14,16). The number of carbonyl (C=O) groups is 2. The molecule has 4 nitrogen and oxygen atoms in total. The second-order valence-corrected chi connectivity index (χ2v) is 3.46. The predicted molar refractivity (Wildman–Crippen MR) is 66.1 cm³/mol. The van der Waals surface area contributed by atoms with Gasteiger partial charge in [0.1, 0.15) is 5.75 Å². The summed E-state index contributed by atoms with van der Waals surface area (Å²) in [4.78, 5) is 21.3. The molecule has 0 fully saturated rings. The molecule has 90 valence electrons. The maximum atomic E-state index is 10.7. The summed E-state index contributed by atoms with van der Waals surface area (Å²) in [5.74, 6) is 0.477. The van der Waals surface area contributed by atoms with Gasteiger partial charge in [-0.25, -0.2) is 0 Å². The van der Waals surface area contributed by atoms with Crippen LogP contribution in [0.4, 0.5) is 0 Å². The Kier molecular flexibility index (Phi) is 4.94. The van der Waals surface area contributed by atoms with Crippen LogP contribution in [0.2, 0.25) is 0 Å². The lowest BCUT2D eigenvalue weighted by Crippen LogP contribution is -2.19. The fourth-order valence-corrected chi connectivity index (χ4v) is 1.33. The van der Waals surface area contributed by atoms with Crippen molar-refractivity contribution < 1.29 is 14.3 Å². The molecule has 0 bridgehead atoms. The second-order valence-electron chi connectivity index (χ2n) is 3.46. The van der Waals surface area contributed by atoms with Crippen LogP contribution in [0.5, 0.6) is 5.75 Å². The van der Waals surface area contributed by atoms with Crippen LogP contribution < -0.4 is 10.1 Å². The average molecular weight is 233 g/mol. The van der Waals surface area contributed by atoms with E-state index in [-0.39, 0.29) is 5.91 Å². The number of hydrogen-bond donors (Lipinski definition) is 1. The highest BCUT2D eigenvalue weighted by Gasteiger charge is 2.01. The molecule has 0 unspecified atom stereocenters. The maximum absolute atomic E-state index is 10.7. The molecule has 1 aromatic rings. The van der Waals surface area contributed by atoms with Gasteiger partial charge in [-0.2, -0.15) is 0 Å². The van der Waals surface area contributed by atoms with E-state index in [0.717, 1.165) is 11.8 Å². The molecule has 4 heteroatoms. The van der Waals surface area contributed by atoms with Gasteiger partial charge < -0.3 is 10.1 Å². The molecule has 0 saturated heterocycles. The van der Waals surface area contributed by atoms with E-state index in [1.807, 2.05) is 18.2 Å². The zero-order valence-electron chi connectivity index (χ0n) is 9.90. The van der Waals surface area contributed by atoms with Crippen LogP contribution in [0, 0.1) is 0 Å². The van der Waals surface area contributed by atoms with Crippen LogP contribution in [-0.2, 0) is 4.79 Å². The quantitative estimate of drug-likeness (QED) is 0.787. The Bertz CT molecular complexity index is 438. The topological polar surface area (TPSA) is 55.4 Å².